The van der Waals surface area contributed by atoms with Gasteiger partial charge in [0.1, 0.15) is 18.0 Å². The van der Waals surface area contributed by atoms with Crippen LogP contribution in [0.4, 0.5) is 11.4 Å². The summed E-state index contributed by atoms with van der Waals surface area (Å²) in [6.07, 6.45) is 0. The zero-order chi connectivity index (χ0) is 18.9. The van der Waals surface area contributed by atoms with Crippen molar-refractivity contribution in [2.24, 2.45) is 0 Å². The van der Waals surface area contributed by atoms with Crippen molar-refractivity contribution in [3.63, 3.8) is 0 Å². The number of carbonyl (C=O) groups is 2. The number of hydrogen-bond acceptors (Lipinski definition) is 4. The monoisotopic (exact) mass is 354 g/mol. The molecule has 0 spiro atoms. The molecule has 136 valence electrons. The summed E-state index contributed by atoms with van der Waals surface area (Å²) >= 11 is 0. The molecule has 1 aliphatic heterocycles. The smallest absolute Gasteiger partial charge is 0.244 e. The van der Waals surface area contributed by atoms with Crippen LogP contribution in [0.1, 0.15) is 19.4 Å². The van der Waals surface area contributed by atoms with Crippen LogP contribution in [-0.2, 0) is 15.0 Å². The summed E-state index contributed by atoms with van der Waals surface area (Å²) in [7, 11) is 3.09. The van der Waals surface area contributed by atoms with Crippen LogP contribution in [0.15, 0.2) is 42.5 Å². The van der Waals surface area contributed by atoms with Crippen LogP contribution < -0.4 is 19.7 Å². The Kier molecular flexibility index (Phi) is 4.59. The minimum atomic E-state index is -0.643. The molecule has 6 nitrogen and oxygen atoms in total. The largest absolute Gasteiger partial charge is 0.497 e. The maximum absolute atomic E-state index is 12.8. The van der Waals surface area contributed by atoms with Crippen molar-refractivity contribution in [1.29, 1.82) is 0 Å². The molecule has 0 radical (unpaired) electrons. The van der Waals surface area contributed by atoms with Gasteiger partial charge in [-0.1, -0.05) is 18.2 Å². The van der Waals surface area contributed by atoms with Crippen LogP contribution in [0.2, 0.25) is 0 Å². The van der Waals surface area contributed by atoms with E-state index in [1.54, 1.807) is 32.4 Å². The number of ether oxygens (including phenoxy) is 2. The van der Waals surface area contributed by atoms with Crippen molar-refractivity contribution in [3.05, 3.63) is 48.0 Å². The van der Waals surface area contributed by atoms with E-state index in [2.05, 4.69) is 5.32 Å². The quantitative estimate of drug-likeness (QED) is 0.896. The number of rotatable bonds is 5. The van der Waals surface area contributed by atoms with Crippen LogP contribution in [0.25, 0.3) is 0 Å². The molecule has 2 aromatic carbocycles. The molecule has 0 fully saturated rings. The highest BCUT2D eigenvalue weighted by Crippen LogP contribution is 2.41. The van der Waals surface area contributed by atoms with E-state index in [1.165, 1.54) is 4.90 Å². The second-order valence-corrected chi connectivity index (χ2v) is 6.68. The van der Waals surface area contributed by atoms with Gasteiger partial charge in [0.2, 0.25) is 11.8 Å². The SMILES string of the molecule is COc1cc(NC(=O)CN2C(=O)C(C)(C)c3ccccc32)cc(OC)c1. The maximum Gasteiger partial charge on any atom is 0.244 e. The summed E-state index contributed by atoms with van der Waals surface area (Å²) in [4.78, 5) is 26.9. The van der Waals surface area contributed by atoms with Crippen LogP contribution in [0, 0.1) is 0 Å². The molecule has 0 aliphatic carbocycles. The van der Waals surface area contributed by atoms with Crippen LogP contribution >= 0.6 is 0 Å². The first-order chi connectivity index (χ1) is 12.4. The molecule has 26 heavy (non-hydrogen) atoms. The zero-order valence-corrected chi connectivity index (χ0v) is 15.3. The molecule has 0 atom stereocenters. The number of methoxy groups -OCH3 is 2. The zero-order valence-electron chi connectivity index (χ0n) is 15.3. The van der Waals surface area contributed by atoms with Gasteiger partial charge in [-0.3, -0.25) is 9.59 Å². The van der Waals surface area contributed by atoms with Gasteiger partial charge in [0.25, 0.3) is 0 Å². The number of benzene rings is 2. The number of hydrogen-bond donors (Lipinski definition) is 1. The molecule has 0 saturated heterocycles. The fraction of sp³-hybridized carbons (Fsp3) is 0.300. The van der Waals surface area contributed by atoms with E-state index in [9.17, 15) is 9.59 Å². The summed E-state index contributed by atoms with van der Waals surface area (Å²) in [5, 5.41) is 2.80. The Balaban J connectivity index is 1.80. The predicted molar refractivity (Wildman–Crippen MR) is 100.0 cm³/mol. The van der Waals surface area contributed by atoms with Crippen molar-refractivity contribution in [3.8, 4) is 11.5 Å². The number of carbonyl (C=O) groups excluding carboxylic acids is 2. The van der Waals surface area contributed by atoms with Gasteiger partial charge in [0, 0.05) is 29.6 Å². The van der Waals surface area contributed by atoms with E-state index in [0.29, 0.717) is 17.2 Å². The van der Waals surface area contributed by atoms with Gasteiger partial charge >= 0.3 is 0 Å². The third kappa shape index (κ3) is 3.10. The first-order valence-electron chi connectivity index (χ1n) is 8.31. The summed E-state index contributed by atoms with van der Waals surface area (Å²) in [6.45, 7) is 3.69. The third-order valence-corrected chi connectivity index (χ3v) is 4.58. The lowest BCUT2D eigenvalue weighted by Gasteiger charge is -2.20. The average Bonchev–Trinajstić information content (AvgIpc) is 2.82. The van der Waals surface area contributed by atoms with Crippen molar-refractivity contribution < 1.29 is 19.1 Å². The molecule has 3 rings (SSSR count). The van der Waals surface area contributed by atoms with Crippen LogP contribution in [0.5, 0.6) is 11.5 Å². The molecular formula is C20H22N2O4. The summed E-state index contributed by atoms with van der Waals surface area (Å²) in [5.74, 6) is 0.769. The van der Waals surface area contributed by atoms with E-state index in [1.807, 2.05) is 38.1 Å². The molecule has 2 aromatic rings. The lowest BCUT2D eigenvalue weighted by Crippen LogP contribution is -2.40. The molecule has 2 amide bonds. The van der Waals surface area contributed by atoms with E-state index < -0.39 is 5.41 Å². The Morgan fingerprint density at radius 2 is 1.69 bits per heavy atom. The summed E-state index contributed by atoms with van der Waals surface area (Å²) in [5.41, 5.74) is 1.61. The number of anilines is 2. The van der Waals surface area contributed by atoms with E-state index in [-0.39, 0.29) is 18.4 Å². The second-order valence-electron chi connectivity index (χ2n) is 6.68. The van der Waals surface area contributed by atoms with Gasteiger partial charge in [-0.25, -0.2) is 0 Å². The minimum absolute atomic E-state index is 0.0567. The van der Waals surface area contributed by atoms with Gasteiger partial charge in [-0.05, 0) is 25.5 Å². The van der Waals surface area contributed by atoms with Gasteiger partial charge in [-0.2, -0.15) is 0 Å². The molecule has 0 unspecified atom stereocenters. The average molecular weight is 354 g/mol. The minimum Gasteiger partial charge on any atom is -0.497 e. The van der Waals surface area contributed by atoms with E-state index in [0.717, 1.165) is 11.3 Å². The number of para-hydroxylation sites is 1. The Morgan fingerprint density at radius 3 is 2.31 bits per heavy atom. The third-order valence-electron chi connectivity index (χ3n) is 4.58. The van der Waals surface area contributed by atoms with Crippen molar-refractivity contribution in [2.45, 2.75) is 19.3 Å². The van der Waals surface area contributed by atoms with Gasteiger partial charge in [0.15, 0.2) is 0 Å². The standard InChI is InChI=1S/C20H22N2O4/c1-20(2)16-7-5-6-8-17(16)22(19(20)24)12-18(23)21-13-9-14(25-3)11-15(10-13)26-4/h5-11H,12H2,1-4H3,(H,21,23). The first-order valence-corrected chi connectivity index (χ1v) is 8.31. The fourth-order valence-corrected chi connectivity index (χ4v) is 3.18. The molecule has 0 aromatic heterocycles. The normalized spacial score (nSPS) is 14.8. The first kappa shape index (κ1) is 17.8. The Hall–Kier alpha value is -3.02. The van der Waals surface area contributed by atoms with Crippen molar-refractivity contribution >= 4 is 23.2 Å². The molecule has 1 heterocycles. The highest BCUT2D eigenvalue weighted by Gasteiger charge is 2.44. The Morgan fingerprint density at radius 1 is 1.08 bits per heavy atom. The predicted octanol–water partition coefficient (Wildman–Crippen LogP) is 2.97. The maximum atomic E-state index is 12.8. The van der Waals surface area contributed by atoms with Crippen molar-refractivity contribution in [1.82, 2.24) is 0 Å². The number of amides is 2. The second kappa shape index (κ2) is 6.71. The van der Waals surface area contributed by atoms with Crippen LogP contribution in [0.3, 0.4) is 0 Å². The summed E-state index contributed by atoms with van der Waals surface area (Å²) < 4.78 is 10.4. The topological polar surface area (TPSA) is 67.9 Å². The highest BCUT2D eigenvalue weighted by atomic mass is 16.5. The van der Waals surface area contributed by atoms with Gasteiger partial charge in [0.05, 0.1) is 19.6 Å². The van der Waals surface area contributed by atoms with Gasteiger partial charge in [-0.15, -0.1) is 0 Å². The summed E-state index contributed by atoms with van der Waals surface area (Å²) in [6, 6.07) is 12.7. The fourth-order valence-electron chi connectivity index (χ4n) is 3.18. The van der Waals surface area contributed by atoms with Crippen molar-refractivity contribution in [2.75, 3.05) is 31.0 Å². The number of fused-ring (bicyclic) bond motifs is 1. The number of nitrogens with zero attached hydrogens (tertiary/aromatic N) is 1. The number of nitrogens with one attached hydrogen (secondary N) is 1. The lowest BCUT2D eigenvalue weighted by molar-refractivity contribution is -0.124. The molecule has 0 bridgehead atoms. The Labute approximate surface area is 152 Å². The molecular weight excluding hydrogens is 332 g/mol. The molecule has 6 heteroatoms. The highest BCUT2D eigenvalue weighted by molar-refractivity contribution is 6.11. The van der Waals surface area contributed by atoms with Gasteiger partial charge < -0.3 is 19.7 Å². The Bertz CT molecular complexity index is 838. The van der Waals surface area contributed by atoms with E-state index in [4.69, 9.17) is 9.47 Å². The molecule has 1 N–H and O–H groups in total. The van der Waals surface area contributed by atoms with Crippen LogP contribution in [-0.4, -0.2) is 32.6 Å². The van der Waals surface area contributed by atoms with E-state index >= 15 is 0 Å². The molecule has 1 aliphatic rings. The molecule has 0 saturated carbocycles. The lowest BCUT2D eigenvalue weighted by atomic mass is 9.86.